The molecule has 7 saturated heterocycles. The first-order chi connectivity index (χ1) is 23.9. The quantitative estimate of drug-likeness (QED) is 0.333. The second-order valence-corrected chi connectivity index (χ2v) is 22.1. The Hall–Kier alpha value is -0.810. The van der Waals surface area contributed by atoms with Gasteiger partial charge < -0.3 is 0 Å². The van der Waals surface area contributed by atoms with Gasteiger partial charge in [-0.05, 0) is 97.3 Å². The number of benzene rings is 2. The normalized spacial score (nSPS) is 56.8. The summed E-state index contributed by atoms with van der Waals surface area (Å²) in [5.74, 6) is 9.99. The van der Waals surface area contributed by atoms with E-state index in [9.17, 15) is 0 Å². The van der Waals surface area contributed by atoms with E-state index in [1.54, 1.807) is 49.5 Å². The number of rotatable bonds is 3. The largest absolute Gasteiger partial charge is 0.292 e. The molecule has 12 aliphatic rings. The van der Waals surface area contributed by atoms with Crippen molar-refractivity contribution in [3.63, 3.8) is 0 Å². The first-order valence-corrected chi connectivity index (χ1v) is 22.7. The summed E-state index contributed by atoms with van der Waals surface area (Å²) in [4.78, 5) is 7.02. The Morgan fingerprint density at radius 3 is 1.44 bits per heavy atom. The summed E-state index contributed by atoms with van der Waals surface area (Å²) in [6.07, 6.45) is 15.5. The summed E-state index contributed by atoms with van der Waals surface area (Å²) in [6.45, 7) is 1.56. The lowest BCUT2D eigenvalue weighted by molar-refractivity contribution is -0.0138. The third-order valence-corrected chi connectivity index (χ3v) is 22.2. The molecule has 48 heavy (non-hydrogen) atoms. The lowest BCUT2D eigenvalue weighted by Crippen LogP contribution is -2.80. The fraction of sp³-hybridized carbons (Fsp3) is 0.714. The van der Waals surface area contributed by atoms with E-state index in [1.807, 2.05) is 0 Å². The fourth-order valence-electron chi connectivity index (χ4n) is 18.3. The van der Waals surface area contributed by atoms with Crippen LogP contribution in [-0.4, -0.2) is 80.5 Å². The minimum Gasteiger partial charge on any atom is -0.292 e. The smallest absolute Gasteiger partial charge is 0.214 e. The van der Waals surface area contributed by atoms with Crippen LogP contribution in [0.25, 0.3) is 0 Å². The molecule has 0 spiro atoms. The molecule has 12 fully saturated rings. The van der Waals surface area contributed by atoms with E-state index in [4.69, 9.17) is 0 Å². The van der Waals surface area contributed by atoms with Crippen LogP contribution in [0.15, 0.2) is 60.7 Å². The summed E-state index contributed by atoms with van der Waals surface area (Å²) in [6, 6.07) is 29.4. The molecule has 7 aliphatic heterocycles. The standard InChI is InChI=1S/C42H50B2N2S2/c1-3-9-21(10-4-1)43(22-11-5-2-6-12-22)34-41-39-33-40-42(34)48-30-16-8-14-26-28-20-18-24-23-17-19-27-25-13-7-15-29(47-41)35(25)45(39)37(27)31(23)44(33)32(24)38(28)46(40)36(26)30/h1-6,9-12,23-42H,7-8,13-20H2. The van der Waals surface area contributed by atoms with Gasteiger partial charge in [0.05, 0.1) is 0 Å². The van der Waals surface area contributed by atoms with Crippen LogP contribution >= 0.6 is 23.5 Å². The van der Waals surface area contributed by atoms with E-state index in [-0.39, 0.29) is 0 Å². The zero-order valence-electron chi connectivity index (χ0n) is 28.3. The van der Waals surface area contributed by atoms with Crippen molar-refractivity contribution in [3.05, 3.63) is 60.7 Å². The van der Waals surface area contributed by atoms with Crippen molar-refractivity contribution < 1.29 is 0 Å². The lowest BCUT2D eigenvalue weighted by atomic mass is 9.19. The van der Waals surface area contributed by atoms with Gasteiger partial charge in [0.25, 0.3) is 0 Å². The number of hydrogen-bond donors (Lipinski definition) is 0. The van der Waals surface area contributed by atoms with E-state index >= 15 is 0 Å². The molecular weight excluding hydrogens is 618 g/mol. The van der Waals surface area contributed by atoms with Crippen molar-refractivity contribution in [1.82, 2.24) is 9.80 Å². The summed E-state index contributed by atoms with van der Waals surface area (Å²) in [5, 5.41) is 3.33. The monoisotopic (exact) mass is 668 g/mol. The second kappa shape index (κ2) is 9.59. The predicted octanol–water partition coefficient (Wildman–Crippen LogP) is 6.79. The van der Waals surface area contributed by atoms with Crippen molar-refractivity contribution in [2.75, 3.05) is 0 Å². The molecule has 0 aromatic heterocycles. The molecule has 0 radical (unpaired) electrons. The molecule has 6 heteroatoms. The molecule has 5 saturated carbocycles. The average molecular weight is 669 g/mol. The van der Waals surface area contributed by atoms with Gasteiger partial charge in [-0.2, -0.15) is 23.5 Å². The SMILES string of the molecule is c1ccc(B(c2ccccc2)C2C3SC4CCCC5C6CCC7C8CCC9C%10CCCC%11SC2C2C%12B(C7C6N(C45)C3%12)C8C9N2C%11%10)cc1. The highest BCUT2D eigenvalue weighted by Crippen LogP contribution is 2.79. The Balaban J connectivity index is 1.04. The molecule has 246 valence electrons. The van der Waals surface area contributed by atoms with Gasteiger partial charge in [-0.1, -0.05) is 97.3 Å². The molecule has 18 atom stereocenters. The van der Waals surface area contributed by atoms with Crippen molar-refractivity contribution >= 4 is 47.9 Å². The zero-order valence-corrected chi connectivity index (χ0v) is 29.9. The number of hydrogen-bond acceptors (Lipinski definition) is 4. The highest BCUT2D eigenvalue weighted by Gasteiger charge is 2.81. The van der Waals surface area contributed by atoms with Gasteiger partial charge in [-0.3, -0.25) is 9.80 Å². The number of fused-ring (bicyclic) bond motifs is 3. The van der Waals surface area contributed by atoms with Crippen molar-refractivity contribution in [1.29, 1.82) is 0 Å². The Morgan fingerprint density at radius 1 is 0.479 bits per heavy atom. The average Bonchev–Trinajstić information content (AvgIpc) is 3.78. The molecule has 0 bridgehead atoms. The van der Waals surface area contributed by atoms with Crippen LogP contribution in [0.2, 0.25) is 23.3 Å². The van der Waals surface area contributed by atoms with Gasteiger partial charge in [-0.15, -0.1) is 0 Å². The highest BCUT2D eigenvalue weighted by atomic mass is 32.2. The highest BCUT2D eigenvalue weighted by molar-refractivity contribution is 8.02. The van der Waals surface area contributed by atoms with E-state index in [0.717, 1.165) is 117 Å². The van der Waals surface area contributed by atoms with Crippen LogP contribution < -0.4 is 10.9 Å². The minimum atomic E-state index is 0.504. The third kappa shape index (κ3) is 3.08. The topological polar surface area (TPSA) is 6.48 Å². The van der Waals surface area contributed by atoms with Gasteiger partial charge in [0.15, 0.2) is 6.71 Å². The first kappa shape index (κ1) is 27.8. The molecule has 7 heterocycles. The Labute approximate surface area is 297 Å². The van der Waals surface area contributed by atoms with Crippen LogP contribution in [0.3, 0.4) is 0 Å². The van der Waals surface area contributed by atoms with Gasteiger partial charge >= 0.3 is 0 Å². The molecule has 5 aliphatic carbocycles. The van der Waals surface area contributed by atoms with Crippen molar-refractivity contribution in [2.24, 2.45) is 35.5 Å². The van der Waals surface area contributed by atoms with Crippen LogP contribution in [-0.2, 0) is 0 Å². The summed E-state index contributed by atoms with van der Waals surface area (Å²) in [7, 11) is 0. The van der Waals surface area contributed by atoms with E-state index in [1.165, 1.54) is 25.7 Å². The van der Waals surface area contributed by atoms with Crippen molar-refractivity contribution in [3.8, 4) is 0 Å². The molecule has 18 unspecified atom stereocenters. The maximum absolute atomic E-state index is 3.51. The Bertz CT molecular complexity index is 1540. The van der Waals surface area contributed by atoms with Gasteiger partial charge in [0.2, 0.25) is 6.71 Å². The molecule has 2 aromatic carbocycles. The predicted molar refractivity (Wildman–Crippen MR) is 203 cm³/mol. The van der Waals surface area contributed by atoms with Crippen LogP contribution in [0, 0.1) is 35.5 Å². The minimum absolute atomic E-state index is 0.504. The van der Waals surface area contributed by atoms with E-state index in [0.29, 0.717) is 12.5 Å². The van der Waals surface area contributed by atoms with Gasteiger partial charge in [0, 0.05) is 57.3 Å². The number of nitrogens with zero attached hydrogens (tertiary/aromatic N) is 2. The second-order valence-electron chi connectivity index (χ2n) is 19.3. The molecule has 0 amide bonds. The molecule has 0 N–H and O–H groups in total. The van der Waals surface area contributed by atoms with Crippen LogP contribution in [0.4, 0.5) is 0 Å². The third-order valence-electron chi connectivity index (χ3n) is 18.6. The summed E-state index contributed by atoms with van der Waals surface area (Å²) < 4.78 is 0. The maximum atomic E-state index is 3.51. The van der Waals surface area contributed by atoms with Crippen LogP contribution in [0.5, 0.6) is 0 Å². The molecule has 2 aromatic rings. The summed E-state index contributed by atoms with van der Waals surface area (Å²) >= 11 is 5.25. The van der Waals surface area contributed by atoms with E-state index in [2.05, 4.69) is 94.0 Å². The molecule has 14 rings (SSSR count). The fourth-order valence-corrected chi connectivity index (χ4v) is 22.8. The van der Waals surface area contributed by atoms with E-state index < -0.39 is 0 Å². The van der Waals surface area contributed by atoms with Crippen LogP contribution in [0.1, 0.15) is 64.2 Å². The summed E-state index contributed by atoms with van der Waals surface area (Å²) in [5.41, 5.74) is 3.22. The van der Waals surface area contributed by atoms with Crippen molar-refractivity contribution in [2.45, 2.75) is 145 Å². The zero-order chi connectivity index (χ0) is 30.6. The lowest BCUT2D eigenvalue weighted by Gasteiger charge is -2.72. The van der Waals surface area contributed by atoms with Gasteiger partial charge in [-0.25, -0.2) is 0 Å². The number of thioether (sulfide) groups is 2. The van der Waals surface area contributed by atoms with Gasteiger partial charge in [0.1, 0.15) is 0 Å². The Kier molecular flexibility index (Phi) is 5.55. The Morgan fingerprint density at radius 2 is 0.938 bits per heavy atom. The maximum Gasteiger partial charge on any atom is 0.214 e. The molecule has 2 nitrogen and oxygen atoms in total. The molecular formula is C42H50B2N2S2. The first-order valence-electron chi connectivity index (χ1n) is 20.8.